The lowest BCUT2D eigenvalue weighted by Gasteiger charge is -2.27. The van der Waals surface area contributed by atoms with Gasteiger partial charge in [-0.05, 0) is 49.1 Å². The molecule has 0 spiro atoms. The van der Waals surface area contributed by atoms with Crippen molar-refractivity contribution in [2.24, 2.45) is 0 Å². The number of rotatable bonds is 6. The van der Waals surface area contributed by atoms with Crippen LogP contribution >= 0.6 is 0 Å². The molecule has 3 rings (SSSR count). The number of aryl methyl sites for hydroxylation is 2. The summed E-state index contributed by atoms with van der Waals surface area (Å²) < 4.78 is 2.11. The van der Waals surface area contributed by atoms with E-state index in [4.69, 9.17) is 4.84 Å². The number of aromatic nitrogens is 1. The predicted octanol–water partition coefficient (Wildman–Crippen LogP) is 4.93. The molecule has 28 heavy (non-hydrogen) atoms. The highest BCUT2D eigenvalue weighted by atomic mass is 16.7. The molecular formula is C23H27N3O2. The Balaban J connectivity index is 1.82. The van der Waals surface area contributed by atoms with E-state index in [0.29, 0.717) is 6.61 Å². The largest absolute Gasteiger partial charge is 0.341 e. The number of para-hydroxylation sites is 1. The molecule has 0 fully saturated rings. The van der Waals surface area contributed by atoms with Crippen molar-refractivity contribution in [1.82, 2.24) is 14.9 Å². The Morgan fingerprint density at radius 3 is 2.39 bits per heavy atom. The van der Waals surface area contributed by atoms with Gasteiger partial charge in [0.2, 0.25) is 0 Å². The summed E-state index contributed by atoms with van der Waals surface area (Å²) in [6.45, 7) is 6.50. The Morgan fingerprint density at radius 2 is 1.75 bits per heavy atom. The van der Waals surface area contributed by atoms with Gasteiger partial charge in [0.25, 0.3) is 0 Å². The second kappa shape index (κ2) is 8.76. The topological polar surface area (TPSA) is 46.5 Å². The van der Waals surface area contributed by atoms with E-state index < -0.39 is 0 Å². The summed E-state index contributed by atoms with van der Waals surface area (Å²) >= 11 is 0. The van der Waals surface area contributed by atoms with Crippen LogP contribution in [0, 0.1) is 13.8 Å². The van der Waals surface area contributed by atoms with Gasteiger partial charge in [0.15, 0.2) is 0 Å². The number of hydroxylamine groups is 2. The van der Waals surface area contributed by atoms with Crippen LogP contribution in [0.4, 0.5) is 4.79 Å². The molecule has 0 saturated carbocycles. The normalized spacial score (nSPS) is 11.9. The van der Waals surface area contributed by atoms with Crippen LogP contribution in [0.3, 0.4) is 0 Å². The molecule has 0 radical (unpaired) electrons. The van der Waals surface area contributed by atoms with Gasteiger partial charge in [-0.1, -0.05) is 48.5 Å². The number of carbonyl (C=O) groups excluding carboxylic acids is 1. The first-order chi connectivity index (χ1) is 13.5. The first kappa shape index (κ1) is 19.7. The van der Waals surface area contributed by atoms with Crippen LogP contribution in [0.1, 0.15) is 35.2 Å². The van der Waals surface area contributed by atoms with Gasteiger partial charge in [-0.25, -0.2) is 4.79 Å². The van der Waals surface area contributed by atoms with Crippen molar-refractivity contribution in [3.8, 4) is 5.69 Å². The number of amides is 2. The maximum atomic E-state index is 12.4. The quantitative estimate of drug-likeness (QED) is 0.619. The number of hydrogen-bond acceptors (Lipinski definition) is 2. The van der Waals surface area contributed by atoms with E-state index in [1.165, 1.54) is 16.2 Å². The lowest BCUT2D eigenvalue weighted by Crippen LogP contribution is -2.39. The molecule has 5 nitrogen and oxygen atoms in total. The summed E-state index contributed by atoms with van der Waals surface area (Å²) in [7, 11) is 1.61. The van der Waals surface area contributed by atoms with Crippen LogP contribution in [0.2, 0.25) is 0 Å². The molecular weight excluding hydrogens is 350 g/mol. The van der Waals surface area contributed by atoms with Crippen LogP contribution < -0.4 is 5.32 Å². The third-order valence-corrected chi connectivity index (χ3v) is 4.87. The SMILES string of the molecule is CNC(=O)N(OCc1ccccc1)C(C)c1ccn(-c2c(C)cccc2C)c1. The van der Waals surface area contributed by atoms with Crippen molar-refractivity contribution in [3.05, 3.63) is 89.2 Å². The summed E-state index contributed by atoms with van der Waals surface area (Å²) in [5, 5.41) is 4.06. The molecule has 5 heteroatoms. The monoisotopic (exact) mass is 377 g/mol. The first-order valence-electron chi connectivity index (χ1n) is 9.43. The Morgan fingerprint density at radius 1 is 1.07 bits per heavy atom. The van der Waals surface area contributed by atoms with Crippen molar-refractivity contribution >= 4 is 6.03 Å². The smallest absolute Gasteiger partial charge is 0.339 e. The number of nitrogens with zero attached hydrogens (tertiary/aromatic N) is 2. The molecule has 0 aliphatic carbocycles. The van der Waals surface area contributed by atoms with E-state index >= 15 is 0 Å². The third kappa shape index (κ3) is 4.26. The lowest BCUT2D eigenvalue weighted by atomic mass is 10.1. The molecule has 146 valence electrons. The second-order valence-electron chi connectivity index (χ2n) is 6.91. The molecule has 0 aliphatic rings. The summed E-state index contributed by atoms with van der Waals surface area (Å²) in [6.07, 6.45) is 4.09. The Bertz CT molecular complexity index is 914. The fourth-order valence-electron chi connectivity index (χ4n) is 3.32. The molecule has 1 heterocycles. The predicted molar refractivity (Wildman–Crippen MR) is 111 cm³/mol. The van der Waals surface area contributed by atoms with Gasteiger partial charge in [-0.3, -0.25) is 4.84 Å². The minimum absolute atomic E-state index is 0.241. The minimum Gasteiger partial charge on any atom is -0.339 e. The van der Waals surface area contributed by atoms with Crippen molar-refractivity contribution in [2.45, 2.75) is 33.4 Å². The van der Waals surface area contributed by atoms with Gasteiger partial charge in [0.1, 0.15) is 6.61 Å². The van der Waals surface area contributed by atoms with Gasteiger partial charge >= 0.3 is 6.03 Å². The average Bonchev–Trinajstić information content (AvgIpc) is 3.18. The Labute approximate surface area is 166 Å². The number of hydrogen-bond donors (Lipinski definition) is 1. The van der Waals surface area contributed by atoms with Gasteiger partial charge < -0.3 is 9.88 Å². The van der Waals surface area contributed by atoms with E-state index in [2.05, 4.69) is 48.1 Å². The molecule has 0 aliphatic heterocycles. The summed E-state index contributed by atoms with van der Waals surface area (Å²) in [5.74, 6) is 0. The van der Waals surface area contributed by atoms with Crippen molar-refractivity contribution < 1.29 is 9.63 Å². The van der Waals surface area contributed by atoms with Crippen LogP contribution in [0.25, 0.3) is 5.69 Å². The van der Waals surface area contributed by atoms with E-state index in [9.17, 15) is 4.79 Å². The van der Waals surface area contributed by atoms with E-state index in [1.807, 2.05) is 49.5 Å². The lowest BCUT2D eigenvalue weighted by molar-refractivity contribution is -0.152. The van der Waals surface area contributed by atoms with E-state index in [1.54, 1.807) is 7.05 Å². The molecule has 1 atom stereocenters. The van der Waals surface area contributed by atoms with Crippen LogP contribution in [-0.2, 0) is 11.4 Å². The highest BCUT2D eigenvalue weighted by Gasteiger charge is 2.23. The van der Waals surface area contributed by atoms with Crippen LogP contribution in [-0.4, -0.2) is 22.7 Å². The van der Waals surface area contributed by atoms with Crippen LogP contribution in [0.5, 0.6) is 0 Å². The second-order valence-corrected chi connectivity index (χ2v) is 6.91. The molecule has 0 bridgehead atoms. The Hall–Kier alpha value is -3.05. The standard InChI is InChI=1S/C23H27N3O2/c1-17-9-8-10-18(2)22(17)25-14-13-21(15-25)19(3)26(23(27)24-4)28-16-20-11-6-5-7-12-20/h5-15,19H,16H2,1-4H3,(H,24,27). The van der Waals surface area contributed by atoms with Gasteiger partial charge in [-0.2, -0.15) is 5.06 Å². The van der Waals surface area contributed by atoms with Gasteiger partial charge in [0, 0.05) is 19.4 Å². The molecule has 1 unspecified atom stereocenters. The zero-order chi connectivity index (χ0) is 20.1. The molecule has 2 amide bonds. The number of nitrogens with one attached hydrogen (secondary N) is 1. The molecule has 3 aromatic rings. The molecule has 0 saturated heterocycles. The number of benzene rings is 2. The average molecular weight is 377 g/mol. The summed E-state index contributed by atoms with van der Waals surface area (Å²) in [4.78, 5) is 18.3. The zero-order valence-electron chi connectivity index (χ0n) is 16.8. The molecule has 1 N–H and O–H groups in total. The van der Waals surface area contributed by atoms with Crippen molar-refractivity contribution in [1.29, 1.82) is 0 Å². The van der Waals surface area contributed by atoms with Gasteiger partial charge in [0.05, 0.1) is 11.7 Å². The minimum atomic E-state index is -0.275. The van der Waals surface area contributed by atoms with E-state index in [-0.39, 0.29) is 12.1 Å². The maximum Gasteiger partial charge on any atom is 0.341 e. The number of carbonyl (C=O) groups is 1. The van der Waals surface area contributed by atoms with E-state index in [0.717, 1.165) is 16.8 Å². The summed E-state index contributed by atoms with van der Waals surface area (Å²) in [6, 6.07) is 17.6. The Kier molecular flexibility index (Phi) is 6.16. The first-order valence-corrected chi connectivity index (χ1v) is 9.43. The maximum absolute atomic E-state index is 12.4. The molecule has 1 aromatic heterocycles. The fourth-order valence-corrected chi connectivity index (χ4v) is 3.32. The zero-order valence-corrected chi connectivity index (χ0v) is 16.8. The number of urea groups is 1. The van der Waals surface area contributed by atoms with Crippen LogP contribution in [0.15, 0.2) is 67.0 Å². The van der Waals surface area contributed by atoms with Crippen molar-refractivity contribution in [2.75, 3.05) is 7.05 Å². The van der Waals surface area contributed by atoms with Crippen molar-refractivity contribution in [3.63, 3.8) is 0 Å². The molecule has 2 aromatic carbocycles. The van der Waals surface area contributed by atoms with Gasteiger partial charge in [-0.15, -0.1) is 0 Å². The fraction of sp³-hybridized carbons (Fsp3) is 0.261. The highest BCUT2D eigenvalue weighted by molar-refractivity contribution is 5.73. The highest BCUT2D eigenvalue weighted by Crippen LogP contribution is 2.26. The third-order valence-electron chi connectivity index (χ3n) is 4.87. The summed E-state index contributed by atoms with van der Waals surface area (Å²) in [5.41, 5.74) is 5.59.